The van der Waals surface area contributed by atoms with Crippen LogP contribution in [-0.4, -0.2) is 88.8 Å². The van der Waals surface area contributed by atoms with Crippen molar-refractivity contribution in [2.75, 3.05) is 38.5 Å². The van der Waals surface area contributed by atoms with E-state index in [0.717, 1.165) is 35.4 Å². The molecule has 0 aromatic heterocycles. The van der Waals surface area contributed by atoms with Crippen LogP contribution in [0.3, 0.4) is 0 Å². The maximum Gasteiger partial charge on any atom is 0.410 e. The molecule has 2 heterocycles. The second-order valence-electron chi connectivity index (χ2n) is 17.5. The van der Waals surface area contributed by atoms with Crippen LogP contribution in [0.15, 0.2) is 84.9 Å². The van der Waals surface area contributed by atoms with Gasteiger partial charge in [0, 0.05) is 41.7 Å². The minimum Gasteiger partial charge on any atom is -0.465 e. The Hall–Kier alpha value is -5.42. The number of carbonyl (C=O) groups excluding carboxylic acids is 4. The Labute approximate surface area is 386 Å². The van der Waals surface area contributed by atoms with E-state index in [9.17, 15) is 36.7 Å². The highest BCUT2D eigenvalue weighted by Gasteiger charge is 2.53. The monoisotopic (exact) mass is 947 g/mol. The quantitative estimate of drug-likeness (QED) is 0.0575. The summed E-state index contributed by atoms with van der Waals surface area (Å²) in [5.74, 6) is -3.44. The van der Waals surface area contributed by atoms with Gasteiger partial charge in [0.05, 0.1) is 38.5 Å². The number of nitrogen functional groups attached to an aromatic ring is 1. The van der Waals surface area contributed by atoms with Crippen molar-refractivity contribution in [1.82, 2.24) is 20.4 Å². The topological polar surface area (TPSA) is 153 Å². The largest absolute Gasteiger partial charge is 0.465 e. The summed E-state index contributed by atoms with van der Waals surface area (Å²) in [4.78, 5) is 53.0. The summed E-state index contributed by atoms with van der Waals surface area (Å²) in [7, 11) is 0. The van der Waals surface area contributed by atoms with Gasteiger partial charge in [0.15, 0.2) is 11.3 Å². The molecule has 0 spiro atoms. The van der Waals surface area contributed by atoms with Crippen molar-refractivity contribution in [3.63, 3.8) is 0 Å². The first-order chi connectivity index (χ1) is 30.3. The van der Waals surface area contributed by atoms with Crippen LogP contribution in [0.4, 0.5) is 32.8 Å². The van der Waals surface area contributed by atoms with Gasteiger partial charge in [-0.1, -0.05) is 53.5 Å². The van der Waals surface area contributed by atoms with Gasteiger partial charge in [0.1, 0.15) is 40.0 Å². The van der Waals surface area contributed by atoms with E-state index in [4.69, 9.17) is 43.1 Å². The molecule has 0 unspecified atom stereocenters. The van der Waals surface area contributed by atoms with Crippen LogP contribution in [0.1, 0.15) is 65.2 Å². The molecule has 0 aliphatic carbocycles. The summed E-state index contributed by atoms with van der Waals surface area (Å²) in [6.45, 7) is 14.2. The molecular weight excluding hydrogens is 893 g/mol. The molecule has 12 nitrogen and oxygen atoms in total. The minimum atomic E-state index is -1.06. The van der Waals surface area contributed by atoms with Crippen LogP contribution in [0.5, 0.6) is 0 Å². The van der Waals surface area contributed by atoms with E-state index in [1.165, 1.54) is 21.9 Å². The van der Waals surface area contributed by atoms with Gasteiger partial charge in [-0.3, -0.25) is 15.4 Å². The number of amides is 2. The van der Waals surface area contributed by atoms with Gasteiger partial charge >= 0.3 is 18.2 Å². The van der Waals surface area contributed by atoms with E-state index < -0.39 is 57.7 Å². The molecular formula is C47H55Cl2F4N5O7. The average molecular weight is 949 g/mol. The number of hydrogen-bond acceptors (Lipinski definition) is 10. The van der Waals surface area contributed by atoms with Crippen LogP contribution in [0, 0.1) is 23.3 Å². The number of ether oxygens (including phenoxy) is 3. The third kappa shape index (κ3) is 15.6. The molecule has 2 amide bonds. The molecule has 2 saturated heterocycles. The van der Waals surface area contributed by atoms with E-state index in [2.05, 4.69) is 10.6 Å². The predicted octanol–water partition coefficient (Wildman–Crippen LogP) is 9.04. The summed E-state index contributed by atoms with van der Waals surface area (Å²) in [6, 6.07) is 20.7. The number of anilines is 1. The van der Waals surface area contributed by atoms with Crippen molar-refractivity contribution in [3.8, 4) is 0 Å². The Bertz CT molecular complexity index is 2280. The van der Waals surface area contributed by atoms with Crippen molar-refractivity contribution >= 4 is 52.8 Å². The number of rotatable bonds is 11. The number of ketones is 1. The van der Waals surface area contributed by atoms with Crippen molar-refractivity contribution in [1.29, 1.82) is 0 Å². The molecule has 0 radical (unpaired) electrons. The Kier molecular flexibility index (Phi) is 17.8. The van der Waals surface area contributed by atoms with Crippen molar-refractivity contribution in [3.05, 3.63) is 135 Å². The zero-order valence-electron chi connectivity index (χ0n) is 37.3. The maximum absolute atomic E-state index is 14.1. The molecule has 4 N–H and O–H groups in total. The first-order valence-corrected chi connectivity index (χ1v) is 21.4. The molecule has 0 atom stereocenters. The lowest BCUT2D eigenvalue weighted by Gasteiger charge is -2.49. The smallest absolute Gasteiger partial charge is 0.410 e. The molecule has 18 heteroatoms. The fourth-order valence-electron chi connectivity index (χ4n) is 6.35. The molecule has 4 aromatic rings. The van der Waals surface area contributed by atoms with Gasteiger partial charge < -0.3 is 29.7 Å². The molecule has 6 rings (SSSR count). The van der Waals surface area contributed by atoms with Gasteiger partial charge in [0.2, 0.25) is 0 Å². The SMILES string of the molecule is CC(C)(C)OC(=O)N1CC(NCc2ccc(Cl)cc2)(C(=O)Cc2ccc(F)cc2F)C1.CCOC(=O)C1(NCc2ccc(Cl)cc2)CN(C(=O)OC(C)(C)C)C1.Nc1ccc(F)cc1F. The lowest BCUT2D eigenvalue weighted by Crippen LogP contribution is -2.74. The molecule has 65 heavy (non-hydrogen) atoms. The van der Waals surface area contributed by atoms with Gasteiger partial charge in [-0.2, -0.15) is 0 Å². The number of nitrogens with zero attached hydrogens (tertiary/aromatic N) is 2. The van der Waals surface area contributed by atoms with E-state index >= 15 is 0 Å². The van der Waals surface area contributed by atoms with Gasteiger partial charge in [-0.15, -0.1) is 0 Å². The van der Waals surface area contributed by atoms with Crippen LogP contribution >= 0.6 is 23.2 Å². The maximum atomic E-state index is 14.1. The summed E-state index contributed by atoms with van der Waals surface area (Å²) >= 11 is 11.8. The fourth-order valence-corrected chi connectivity index (χ4v) is 6.60. The highest BCUT2D eigenvalue weighted by atomic mass is 35.5. The first-order valence-electron chi connectivity index (χ1n) is 20.6. The Balaban J connectivity index is 0.000000242. The summed E-state index contributed by atoms with van der Waals surface area (Å²) in [5.41, 5.74) is 3.81. The normalized spacial score (nSPS) is 14.8. The first kappa shape index (κ1) is 52.2. The summed E-state index contributed by atoms with van der Waals surface area (Å²) < 4.78 is 67.5. The van der Waals surface area contributed by atoms with E-state index in [0.29, 0.717) is 23.1 Å². The second kappa shape index (κ2) is 22.2. The zero-order chi connectivity index (χ0) is 48.3. The molecule has 2 aliphatic rings. The van der Waals surface area contributed by atoms with Crippen LogP contribution in [-0.2, 0) is 43.3 Å². The number of nitrogens with two attached hydrogens (primary N) is 1. The highest BCUT2D eigenvalue weighted by Crippen LogP contribution is 2.29. The Morgan fingerprint density at radius 1 is 0.646 bits per heavy atom. The van der Waals surface area contributed by atoms with Crippen LogP contribution in [0.25, 0.3) is 0 Å². The average Bonchev–Trinajstić information content (AvgIpc) is 3.17. The van der Waals surface area contributed by atoms with Crippen molar-refractivity contribution < 1.29 is 51.0 Å². The zero-order valence-corrected chi connectivity index (χ0v) is 38.8. The van der Waals surface area contributed by atoms with E-state index in [1.807, 2.05) is 45.0 Å². The van der Waals surface area contributed by atoms with Gasteiger partial charge in [0.25, 0.3) is 0 Å². The number of hydrogen-bond donors (Lipinski definition) is 3. The van der Waals surface area contributed by atoms with Crippen molar-refractivity contribution in [2.24, 2.45) is 0 Å². The standard InChI is InChI=1S/C23H25ClF2N2O3.C18H25ClN2O4.C6H5F2N/c1-22(2,3)31-21(30)28-13-23(14-28,27-12-15-4-7-17(24)8-5-15)20(29)10-16-6-9-18(25)11-19(16)26;1-5-24-15(22)18(20-10-13-6-8-14(19)9-7-13)11-21(12-18)16(23)25-17(2,3)4;7-4-1-2-6(9)5(8)3-4/h4-9,11,27H,10,12-14H2,1-3H3;6-9,20H,5,10-12H2,1-4H3;1-3H,9H2. The number of likely N-dealkylation sites (tertiary alicyclic amines) is 2. The number of halogens is 6. The fraction of sp³-hybridized carbons (Fsp3) is 0.404. The van der Waals surface area contributed by atoms with E-state index in [1.54, 1.807) is 52.0 Å². The van der Waals surface area contributed by atoms with Crippen LogP contribution in [0.2, 0.25) is 10.0 Å². The number of Topliss-reactive ketones (excluding diaryl/α,β-unsaturated/α-hetero) is 1. The van der Waals surface area contributed by atoms with E-state index in [-0.39, 0.29) is 62.2 Å². The van der Waals surface area contributed by atoms with Crippen LogP contribution < -0.4 is 16.4 Å². The summed E-state index contributed by atoms with van der Waals surface area (Å²) in [6.07, 6.45) is -1.17. The van der Waals surface area contributed by atoms with Gasteiger partial charge in [-0.25, -0.2) is 31.9 Å². The lowest BCUT2D eigenvalue weighted by atomic mass is 9.82. The third-order valence-corrected chi connectivity index (χ3v) is 10.3. The molecule has 4 aromatic carbocycles. The third-order valence-electron chi connectivity index (χ3n) is 9.76. The minimum absolute atomic E-state index is 0.0311. The number of esters is 1. The summed E-state index contributed by atoms with van der Waals surface area (Å²) in [5, 5.41) is 7.72. The van der Waals surface area contributed by atoms with Gasteiger partial charge in [-0.05, 0) is 108 Å². The predicted molar refractivity (Wildman–Crippen MR) is 240 cm³/mol. The Morgan fingerprint density at radius 2 is 1.06 bits per heavy atom. The molecule has 0 saturated carbocycles. The number of benzene rings is 4. The van der Waals surface area contributed by atoms with Crippen molar-refractivity contribution in [2.45, 2.75) is 90.3 Å². The number of nitrogens with one attached hydrogen (secondary N) is 2. The highest BCUT2D eigenvalue weighted by molar-refractivity contribution is 6.30. The molecule has 2 fully saturated rings. The number of carbonyl (C=O) groups is 4. The molecule has 0 bridgehead atoms. The molecule has 352 valence electrons. The Morgan fingerprint density at radius 3 is 1.46 bits per heavy atom. The second-order valence-corrected chi connectivity index (χ2v) is 18.4. The lowest BCUT2D eigenvalue weighted by molar-refractivity contribution is -0.158. The molecule has 2 aliphatic heterocycles.